The smallest absolute Gasteiger partial charge is 0.259 e. The molecule has 0 fully saturated rings. The summed E-state index contributed by atoms with van der Waals surface area (Å²) in [4.78, 5) is 14.8. The van der Waals surface area contributed by atoms with E-state index in [1.165, 1.54) is 14.2 Å². The molecule has 26 heavy (non-hydrogen) atoms. The van der Waals surface area contributed by atoms with E-state index in [2.05, 4.69) is 13.8 Å². The van der Waals surface area contributed by atoms with E-state index in [1.54, 1.807) is 12.1 Å². The van der Waals surface area contributed by atoms with Crippen LogP contribution in [0.3, 0.4) is 0 Å². The van der Waals surface area contributed by atoms with Gasteiger partial charge in [-0.3, -0.25) is 4.79 Å². The number of amides is 1. The van der Waals surface area contributed by atoms with Crippen molar-refractivity contribution in [3.63, 3.8) is 0 Å². The van der Waals surface area contributed by atoms with E-state index in [9.17, 15) is 9.90 Å². The summed E-state index contributed by atoms with van der Waals surface area (Å²) in [5.41, 5.74) is 3.18. The minimum atomic E-state index is -0.0586. The first-order valence-corrected chi connectivity index (χ1v) is 8.54. The van der Waals surface area contributed by atoms with Gasteiger partial charge in [-0.15, -0.1) is 0 Å². The number of para-hydroxylation sites is 1. The second-order valence-corrected chi connectivity index (χ2v) is 6.66. The Balaban J connectivity index is 2.10. The topological polar surface area (TPSA) is 59.0 Å². The van der Waals surface area contributed by atoms with E-state index in [4.69, 9.17) is 9.47 Å². The van der Waals surface area contributed by atoms with Crippen molar-refractivity contribution in [3.8, 4) is 17.2 Å². The highest BCUT2D eigenvalue weighted by atomic mass is 16.5. The SMILES string of the molecule is COc1cc(/C=C2\C(=O)N(CC(C)C)c3ccccc32)cc(OC)c1O. The fourth-order valence-corrected chi connectivity index (χ4v) is 3.16. The van der Waals surface area contributed by atoms with Gasteiger partial charge in [0.25, 0.3) is 5.91 Å². The number of carbonyl (C=O) groups is 1. The molecular formula is C21H23NO4. The van der Waals surface area contributed by atoms with Crippen LogP contribution in [-0.2, 0) is 4.79 Å². The van der Waals surface area contributed by atoms with E-state index in [-0.39, 0.29) is 11.7 Å². The molecule has 5 nitrogen and oxygen atoms in total. The lowest BCUT2D eigenvalue weighted by Crippen LogP contribution is -2.30. The zero-order chi connectivity index (χ0) is 18.8. The fourth-order valence-electron chi connectivity index (χ4n) is 3.16. The van der Waals surface area contributed by atoms with Crippen molar-refractivity contribution < 1.29 is 19.4 Å². The molecule has 0 aliphatic carbocycles. The molecule has 0 saturated carbocycles. The lowest BCUT2D eigenvalue weighted by atomic mass is 10.0. The van der Waals surface area contributed by atoms with Crippen LogP contribution in [0.1, 0.15) is 25.0 Å². The minimum absolute atomic E-state index is 0.0223. The molecule has 0 spiro atoms. The molecule has 1 aliphatic rings. The van der Waals surface area contributed by atoms with Gasteiger partial charge in [0.2, 0.25) is 5.75 Å². The van der Waals surface area contributed by atoms with Gasteiger partial charge in [0.1, 0.15) is 0 Å². The largest absolute Gasteiger partial charge is 0.502 e. The molecule has 0 radical (unpaired) electrons. The van der Waals surface area contributed by atoms with Crippen molar-refractivity contribution in [2.45, 2.75) is 13.8 Å². The Bertz CT molecular complexity index is 845. The highest BCUT2D eigenvalue weighted by Crippen LogP contribution is 2.41. The fraction of sp³-hybridized carbons (Fsp3) is 0.286. The van der Waals surface area contributed by atoms with E-state index < -0.39 is 0 Å². The van der Waals surface area contributed by atoms with E-state index in [0.29, 0.717) is 29.5 Å². The van der Waals surface area contributed by atoms with Gasteiger partial charge in [-0.2, -0.15) is 0 Å². The summed E-state index contributed by atoms with van der Waals surface area (Å²) in [6.07, 6.45) is 1.81. The van der Waals surface area contributed by atoms with Crippen molar-refractivity contribution >= 4 is 23.2 Å². The molecule has 0 unspecified atom stereocenters. The Hall–Kier alpha value is -2.95. The van der Waals surface area contributed by atoms with Gasteiger partial charge >= 0.3 is 0 Å². The van der Waals surface area contributed by atoms with Crippen molar-refractivity contribution in [3.05, 3.63) is 47.5 Å². The summed E-state index contributed by atoms with van der Waals surface area (Å²) in [6.45, 7) is 4.84. The first-order valence-electron chi connectivity index (χ1n) is 8.54. The normalized spacial score (nSPS) is 14.9. The third-order valence-electron chi connectivity index (χ3n) is 4.32. The third-order valence-corrected chi connectivity index (χ3v) is 4.32. The molecule has 2 aromatic rings. The summed E-state index contributed by atoms with van der Waals surface area (Å²) in [5, 5.41) is 10.1. The molecule has 5 heteroatoms. The van der Waals surface area contributed by atoms with E-state index >= 15 is 0 Å². The van der Waals surface area contributed by atoms with Gasteiger partial charge in [-0.1, -0.05) is 32.0 Å². The van der Waals surface area contributed by atoms with Crippen LogP contribution < -0.4 is 14.4 Å². The van der Waals surface area contributed by atoms with E-state index in [1.807, 2.05) is 35.2 Å². The Labute approximate surface area is 153 Å². The summed E-state index contributed by atoms with van der Waals surface area (Å²) >= 11 is 0. The number of aromatic hydroxyl groups is 1. The first-order chi connectivity index (χ1) is 12.5. The van der Waals surface area contributed by atoms with Crippen LogP contribution in [0.2, 0.25) is 0 Å². The van der Waals surface area contributed by atoms with Crippen LogP contribution in [0.15, 0.2) is 36.4 Å². The molecular weight excluding hydrogens is 330 g/mol. The number of fused-ring (bicyclic) bond motifs is 1. The van der Waals surface area contributed by atoms with Crippen LogP contribution in [0.5, 0.6) is 17.2 Å². The number of phenolic OH excluding ortho intramolecular Hbond substituents is 1. The lowest BCUT2D eigenvalue weighted by molar-refractivity contribution is -0.113. The number of rotatable bonds is 5. The van der Waals surface area contributed by atoms with E-state index in [0.717, 1.165) is 16.8 Å². The number of hydrogen-bond acceptors (Lipinski definition) is 4. The number of phenols is 1. The van der Waals surface area contributed by atoms with Crippen molar-refractivity contribution in [1.29, 1.82) is 0 Å². The molecule has 1 heterocycles. The highest BCUT2D eigenvalue weighted by Gasteiger charge is 2.32. The van der Waals surface area contributed by atoms with Gasteiger partial charge in [0.15, 0.2) is 11.5 Å². The second-order valence-electron chi connectivity index (χ2n) is 6.66. The monoisotopic (exact) mass is 353 g/mol. The summed E-state index contributed by atoms with van der Waals surface area (Å²) in [6, 6.07) is 11.2. The van der Waals surface area contributed by atoms with Crippen LogP contribution in [0, 0.1) is 5.92 Å². The molecule has 1 aliphatic heterocycles. The minimum Gasteiger partial charge on any atom is -0.502 e. The molecule has 0 atom stereocenters. The molecule has 1 N–H and O–H groups in total. The average Bonchev–Trinajstić information content (AvgIpc) is 2.88. The summed E-state index contributed by atoms with van der Waals surface area (Å²) in [7, 11) is 2.96. The van der Waals surface area contributed by atoms with Crippen LogP contribution >= 0.6 is 0 Å². The zero-order valence-corrected chi connectivity index (χ0v) is 15.4. The number of methoxy groups -OCH3 is 2. The predicted octanol–water partition coefficient (Wildman–Crippen LogP) is 3.95. The van der Waals surface area contributed by atoms with Gasteiger partial charge in [0, 0.05) is 17.7 Å². The second kappa shape index (κ2) is 7.12. The van der Waals surface area contributed by atoms with Crippen LogP contribution in [0.25, 0.3) is 11.6 Å². The Morgan fingerprint density at radius 2 is 1.73 bits per heavy atom. The lowest BCUT2D eigenvalue weighted by Gasteiger charge is -2.19. The number of hydrogen-bond donors (Lipinski definition) is 1. The highest BCUT2D eigenvalue weighted by molar-refractivity contribution is 6.35. The zero-order valence-electron chi connectivity index (χ0n) is 15.4. The number of anilines is 1. The van der Waals surface area contributed by atoms with Gasteiger partial charge < -0.3 is 19.5 Å². The van der Waals surface area contributed by atoms with Crippen LogP contribution in [0.4, 0.5) is 5.69 Å². The molecule has 0 aromatic heterocycles. The van der Waals surface area contributed by atoms with Gasteiger partial charge in [0.05, 0.1) is 19.9 Å². The van der Waals surface area contributed by atoms with Gasteiger partial charge in [-0.25, -0.2) is 0 Å². The van der Waals surface area contributed by atoms with Crippen molar-refractivity contribution in [2.75, 3.05) is 25.7 Å². The quantitative estimate of drug-likeness (QED) is 0.827. The standard InChI is InChI=1S/C21H23NO4/c1-13(2)12-22-17-8-6-5-7-15(17)16(21(22)24)9-14-10-18(25-3)20(23)19(11-14)26-4/h5-11,13,23H,12H2,1-4H3/b16-9-. The predicted molar refractivity (Wildman–Crippen MR) is 103 cm³/mol. The number of nitrogens with zero attached hydrogens (tertiary/aromatic N) is 1. The van der Waals surface area contributed by atoms with Crippen molar-refractivity contribution in [1.82, 2.24) is 0 Å². The molecule has 136 valence electrons. The molecule has 1 amide bonds. The maximum atomic E-state index is 13.0. The summed E-state index contributed by atoms with van der Waals surface area (Å²) < 4.78 is 10.4. The Morgan fingerprint density at radius 3 is 2.31 bits per heavy atom. The number of carbonyl (C=O) groups excluding carboxylic acids is 1. The van der Waals surface area contributed by atoms with Crippen molar-refractivity contribution in [2.24, 2.45) is 5.92 Å². The molecule has 0 bridgehead atoms. The molecule has 0 saturated heterocycles. The van der Waals surface area contributed by atoms with Gasteiger partial charge in [-0.05, 0) is 35.8 Å². The summed E-state index contributed by atoms with van der Waals surface area (Å²) in [5.74, 6) is 0.880. The third kappa shape index (κ3) is 3.12. The first kappa shape index (κ1) is 17.9. The maximum absolute atomic E-state index is 13.0. The molecule has 3 rings (SSSR count). The molecule has 2 aromatic carbocycles. The van der Waals surface area contributed by atoms with Crippen LogP contribution in [-0.4, -0.2) is 31.8 Å². The number of ether oxygens (including phenoxy) is 2. The Morgan fingerprint density at radius 1 is 1.12 bits per heavy atom. The average molecular weight is 353 g/mol. The number of benzene rings is 2. The maximum Gasteiger partial charge on any atom is 0.259 e. The Kier molecular flexibility index (Phi) is 4.89.